The third-order valence-corrected chi connectivity index (χ3v) is 4.21. The maximum atomic E-state index is 12.1. The summed E-state index contributed by atoms with van der Waals surface area (Å²) in [5, 5.41) is 3.25. The van der Waals surface area contributed by atoms with Crippen molar-refractivity contribution in [1.82, 2.24) is 10.3 Å². The van der Waals surface area contributed by atoms with Crippen LogP contribution in [-0.2, 0) is 6.54 Å². The molecule has 0 radical (unpaired) electrons. The number of aryl methyl sites for hydroxylation is 1. The van der Waals surface area contributed by atoms with E-state index in [1.165, 1.54) is 6.20 Å². The molecular formula is C18H17N3O2S. The fourth-order valence-electron chi connectivity index (χ4n) is 2.17. The largest absolute Gasteiger partial charge is 0.457 e. The van der Waals surface area contributed by atoms with Crippen molar-refractivity contribution in [3.63, 3.8) is 0 Å². The summed E-state index contributed by atoms with van der Waals surface area (Å²) in [6.07, 6.45) is 1.48. The van der Waals surface area contributed by atoms with E-state index in [1.54, 1.807) is 0 Å². The van der Waals surface area contributed by atoms with Gasteiger partial charge in [0.25, 0.3) is 5.91 Å². The van der Waals surface area contributed by atoms with Gasteiger partial charge in [0.05, 0.1) is 6.20 Å². The second-order valence-corrected chi connectivity index (χ2v) is 6.33. The van der Waals surface area contributed by atoms with Crippen LogP contribution in [0.15, 0.2) is 54.7 Å². The number of hydrogen-bond acceptors (Lipinski definition) is 5. The lowest BCUT2D eigenvalue weighted by Gasteiger charge is -2.12. The summed E-state index contributed by atoms with van der Waals surface area (Å²) in [7, 11) is 0. The molecule has 122 valence electrons. The van der Waals surface area contributed by atoms with Crippen molar-refractivity contribution in [3.05, 3.63) is 70.7 Å². The fraction of sp³-hybridized carbons (Fsp3) is 0.111. The quantitative estimate of drug-likeness (QED) is 0.742. The number of carbonyl (C=O) groups is 1. The van der Waals surface area contributed by atoms with Gasteiger partial charge >= 0.3 is 0 Å². The van der Waals surface area contributed by atoms with Crippen molar-refractivity contribution < 1.29 is 9.53 Å². The molecule has 0 aliphatic carbocycles. The average Bonchev–Trinajstić information content (AvgIpc) is 3.01. The van der Waals surface area contributed by atoms with Crippen molar-refractivity contribution in [2.45, 2.75) is 13.5 Å². The second kappa shape index (κ2) is 7.14. The molecule has 3 aromatic rings. The van der Waals surface area contributed by atoms with E-state index in [0.717, 1.165) is 34.0 Å². The Morgan fingerprint density at radius 3 is 2.75 bits per heavy atom. The molecule has 1 amide bonds. The number of ether oxygens (including phenoxy) is 1. The topological polar surface area (TPSA) is 77.2 Å². The smallest absolute Gasteiger partial charge is 0.263 e. The van der Waals surface area contributed by atoms with Crippen LogP contribution in [0.4, 0.5) is 5.13 Å². The van der Waals surface area contributed by atoms with E-state index < -0.39 is 0 Å². The number of nitrogen functional groups attached to an aromatic ring is 1. The Bertz CT molecular complexity index is 846. The van der Waals surface area contributed by atoms with Gasteiger partial charge < -0.3 is 15.8 Å². The van der Waals surface area contributed by atoms with Crippen LogP contribution >= 0.6 is 11.3 Å². The van der Waals surface area contributed by atoms with Crippen LogP contribution in [0.5, 0.6) is 11.5 Å². The van der Waals surface area contributed by atoms with Gasteiger partial charge in [0.1, 0.15) is 16.4 Å². The Balaban J connectivity index is 1.74. The van der Waals surface area contributed by atoms with E-state index in [2.05, 4.69) is 10.3 Å². The lowest BCUT2D eigenvalue weighted by Crippen LogP contribution is -2.22. The lowest BCUT2D eigenvalue weighted by molar-refractivity contribution is 0.0954. The number of thiazole rings is 1. The maximum Gasteiger partial charge on any atom is 0.263 e. The number of amides is 1. The summed E-state index contributed by atoms with van der Waals surface area (Å²) in [4.78, 5) is 16.5. The third-order valence-electron chi connectivity index (χ3n) is 3.38. The molecule has 5 nitrogen and oxygen atoms in total. The highest BCUT2D eigenvalue weighted by Gasteiger charge is 2.11. The molecule has 0 spiro atoms. The monoisotopic (exact) mass is 339 g/mol. The molecule has 0 unspecified atom stereocenters. The predicted octanol–water partition coefficient (Wildman–Crippen LogP) is 3.76. The zero-order valence-electron chi connectivity index (χ0n) is 13.2. The van der Waals surface area contributed by atoms with Crippen LogP contribution in [0.2, 0.25) is 0 Å². The van der Waals surface area contributed by atoms with E-state index in [0.29, 0.717) is 16.6 Å². The van der Waals surface area contributed by atoms with Crippen molar-refractivity contribution in [2.24, 2.45) is 0 Å². The molecule has 24 heavy (non-hydrogen) atoms. The maximum absolute atomic E-state index is 12.1. The molecule has 6 heteroatoms. The van der Waals surface area contributed by atoms with E-state index in [9.17, 15) is 4.79 Å². The minimum atomic E-state index is -0.199. The minimum absolute atomic E-state index is 0.199. The van der Waals surface area contributed by atoms with Crippen molar-refractivity contribution in [3.8, 4) is 11.5 Å². The van der Waals surface area contributed by atoms with Crippen molar-refractivity contribution >= 4 is 22.4 Å². The molecule has 1 heterocycles. The molecule has 3 rings (SSSR count). The molecule has 1 aromatic heterocycles. The highest BCUT2D eigenvalue weighted by molar-refractivity contribution is 7.17. The molecule has 0 saturated carbocycles. The van der Waals surface area contributed by atoms with Gasteiger partial charge in [-0.3, -0.25) is 4.79 Å². The first-order chi connectivity index (χ1) is 11.6. The number of hydrogen-bond donors (Lipinski definition) is 2. The standard InChI is InChI=1S/C18H17N3O2S/c1-12-7-8-13(10-20-17(22)16-11-21-18(19)24-16)15(9-12)23-14-5-3-2-4-6-14/h2-9,11H,10H2,1H3,(H2,19,21)(H,20,22). The predicted molar refractivity (Wildman–Crippen MR) is 95.4 cm³/mol. The molecular weight excluding hydrogens is 322 g/mol. The highest BCUT2D eigenvalue weighted by Crippen LogP contribution is 2.26. The van der Waals surface area contributed by atoms with Gasteiger partial charge in [-0.05, 0) is 30.7 Å². The third kappa shape index (κ3) is 3.91. The molecule has 0 aliphatic heterocycles. The first kappa shape index (κ1) is 16.0. The summed E-state index contributed by atoms with van der Waals surface area (Å²) in [6, 6.07) is 15.5. The first-order valence-corrected chi connectivity index (χ1v) is 8.25. The Kier molecular flexibility index (Phi) is 4.77. The van der Waals surface area contributed by atoms with Gasteiger partial charge in [0.15, 0.2) is 5.13 Å². The van der Waals surface area contributed by atoms with Crippen LogP contribution in [-0.4, -0.2) is 10.9 Å². The minimum Gasteiger partial charge on any atom is -0.457 e. The molecule has 0 saturated heterocycles. The number of aromatic nitrogens is 1. The van der Waals surface area contributed by atoms with Gasteiger partial charge in [-0.15, -0.1) is 0 Å². The normalized spacial score (nSPS) is 10.4. The summed E-state index contributed by atoms with van der Waals surface area (Å²) >= 11 is 1.16. The Labute approximate surface area is 144 Å². The summed E-state index contributed by atoms with van der Waals surface area (Å²) in [5.74, 6) is 1.28. The number of nitrogens with one attached hydrogen (secondary N) is 1. The molecule has 0 aliphatic rings. The van der Waals surface area contributed by atoms with Crippen LogP contribution in [0.25, 0.3) is 0 Å². The highest BCUT2D eigenvalue weighted by atomic mass is 32.1. The number of anilines is 1. The van der Waals surface area contributed by atoms with Gasteiger partial charge in [-0.1, -0.05) is 41.7 Å². The average molecular weight is 339 g/mol. The summed E-state index contributed by atoms with van der Waals surface area (Å²) in [6.45, 7) is 2.36. The van der Waals surface area contributed by atoms with Crippen LogP contribution < -0.4 is 15.8 Å². The van der Waals surface area contributed by atoms with Gasteiger partial charge in [0.2, 0.25) is 0 Å². The zero-order valence-corrected chi connectivity index (χ0v) is 14.0. The van der Waals surface area contributed by atoms with Crippen LogP contribution in [0.1, 0.15) is 20.8 Å². The van der Waals surface area contributed by atoms with Crippen molar-refractivity contribution in [1.29, 1.82) is 0 Å². The van der Waals surface area contributed by atoms with E-state index in [1.807, 2.05) is 55.5 Å². The molecule has 3 N–H and O–H groups in total. The molecule has 2 aromatic carbocycles. The van der Waals surface area contributed by atoms with E-state index >= 15 is 0 Å². The Hall–Kier alpha value is -2.86. The van der Waals surface area contributed by atoms with Crippen LogP contribution in [0.3, 0.4) is 0 Å². The van der Waals surface area contributed by atoms with Crippen molar-refractivity contribution in [2.75, 3.05) is 5.73 Å². The first-order valence-electron chi connectivity index (χ1n) is 7.44. The number of carbonyl (C=O) groups excluding carboxylic acids is 1. The molecule has 0 atom stereocenters. The fourth-order valence-corrected chi connectivity index (χ4v) is 2.77. The number of nitrogens with zero attached hydrogens (tertiary/aromatic N) is 1. The van der Waals surface area contributed by atoms with Gasteiger partial charge in [-0.25, -0.2) is 4.98 Å². The Morgan fingerprint density at radius 2 is 2.04 bits per heavy atom. The molecule has 0 fully saturated rings. The Morgan fingerprint density at radius 1 is 1.25 bits per heavy atom. The number of rotatable bonds is 5. The van der Waals surface area contributed by atoms with E-state index in [4.69, 9.17) is 10.5 Å². The second-order valence-electron chi connectivity index (χ2n) is 5.27. The van der Waals surface area contributed by atoms with Crippen LogP contribution in [0, 0.1) is 6.92 Å². The number of nitrogens with two attached hydrogens (primary N) is 1. The van der Waals surface area contributed by atoms with Gasteiger partial charge in [-0.2, -0.15) is 0 Å². The number of para-hydroxylation sites is 1. The SMILES string of the molecule is Cc1ccc(CNC(=O)c2cnc(N)s2)c(Oc2ccccc2)c1. The van der Waals surface area contributed by atoms with Gasteiger partial charge in [0, 0.05) is 12.1 Å². The summed E-state index contributed by atoms with van der Waals surface area (Å²) in [5.41, 5.74) is 7.55. The number of benzene rings is 2. The van der Waals surface area contributed by atoms with E-state index in [-0.39, 0.29) is 5.91 Å². The summed E-state index contributed by atoms with van der Waals surface area (Å²) < 4.78 is 5.95. The zero-order chi connectivity index (χ0) is 16.9. The lowest BCUT2D eigenvalue weighted by atomic mass is 10.1. The molecule has 0 bridgehead atoms.